The number of rotatable bonds is 1. The Kier molecular flexibility index (Phi) is 2.77. The lowest BCUT2D eigenvalue weighted by Crippen LogP contribution is -2.28. The summed E-state index contributed by atoms with van der Waals surface area (Å²) in [6.07, 6.45) is 2.71. The third-order valence-electron chi connectivity index (χ3n) is 2.04. The maximum absolute atomic E-state index is 3.16. The maximum Gasteiger partial charge on any atom is 0.0685 e. The van der Waals surface area contributed by atoms with Crippen molar-refractivity contribution in [3.8, 4) is 11.8 Å². The van der Waals surface area contributed by atoms with Crippen LogP contribution in [0.4, 0.5) is 0 Å². The summed E-state index contributed by atoms with van der Waals surface area (Å²) in [5.74, 6) is 6.12. The third kappa shape index (κ3) is 1.75. The van der Waals surface area contributed by atoms with Gasteiger partial charge in [-0.3, -0.25) is 4.90 Å². The highest BCUT2D eigenvalue weighted by Gasteiger charge is 2.15. The van der Waals surface area contributed by atoms with E-state index >= 15 is 0 Å². The molecule has 1 saturated heterocycles. The molecule has 0 radical (unpaired) electrons. The molecule has 1 aliphatic rings. The van der Waals surface area contributed by atoms with E-state index in [4.69, 9.17) is 0 Å². The van der Waals surface area contributed by atoms with E-state index in [0.29, 0.717) is 6.04 Å². The molecule has 10 heavy (non-hydrogen) atoms. The van der Waals surface area contributed by atoms with Gasteiger partial charge in [0.2, 0.25) is 0 Å². The molecule has 1 heterocycles. The van der Waals surface area contributed by atoms with Crippen LogP contribution in [0.25, 0.3) is 0 Å². The van der Waals surface area contributed by atoms with Crippen LogP contribution in [-0.2, 0) is 0 Å². The van der Waals surface area contributed by atoms with E-state index < -0.39 is 0 Å². The molecule has 1 unspecified atom stereocenters. The summed E-state index contributed by atoms with van der Waals surface area (Å²) in [5.41, 5.74) is 0. The van der Waals surface area contributed by atoms with Crippen molar-refractivity contribution in [3.63, 3.8) is 0 Å². The molecule has 1 heteroatoms. The minimum Gasteiger partial charge on any atom is -0.290 e. The van der Waals surface area contributed by atoms with Crippen molar-refractivity contribution in [1.29, 1.82) is 0 Å². The number of likely N-dealkylation sites (tertiary alicyclic amines) is 1. The zero-order chi connectivity index (χ0) is 7.40. The van der Waals surface area contributed by atoms with E-state index in [-0.39, 0.29) is 0 Å². The quantitative estimate of drug-likeness (QED) is 0.495. The molecule has 0 spiro atoms. The van der Waals surface area contributed by atoms with E-state index in [1.807, 2.05) is 6.92 Å². The van der Waals surface area contributed by atoms with Gasteiger partial charge in [0, 0.05) is 0 Å². The number of hydrogen-bond donors (Lipinski definition) is 0. The Balaban J connectivity index is 2.37. The summed E-state index contributed by atoms with van der Waals surface area (Å²) in [5, 5.41) is 0. The van der Waals surface area contributed by atoms with E-state index in [1.165, 1.54) is 25.9 Å². The Morgan fingerprint density at radius 3 is 2.40 bits per heavy atom. The Labute approximate surface area is 63.4 Å². The third-order valence-corrected chi connectivity index (χ3v) is 2.04. The minimum atomic E-state index is 0.479. The standard InChI is InChI=1S/C9H15N/c1-3-6-9(2)10-7-4-5-8-10/h9H,4-5,7-8H2,1-2H3. The van der Waals surface area contributed by atoms with Crippen molar-refractivity contribution in [2.24, 2.45) is 0 Å². The molecule has 0 N–H and O–H groups in total. The molecule has 1 fully saturated rings. The highest BCUT2D eigenvalue weighted by atomic mass is 15.2. The van der Waals surface area contributed by atoms with Gasteiger partial charge in [-0.15, -0.1) is 5.92 Å². The first-order valence-electron chi connectivity index (χ1n) is 4.01. The molecule has 0 bridgehead atoms. The van der Waals surface area contributed by atoms with Gasteiger partial charge >= 0.3 is 0 Å². The van der Waals surface area contributed by atoms with Crippen molar-refractivity contribution in [2.45, 2.75) is 32.7 Å². The summed E-state index contributed by atoms with van der Waals surface area (Å²) >= 11 is 0. The fourth-order valence-corrected chi connectivity index (χ4v) is 1.43. The SMILES string of the molecule is CC#CC(C)N1CCCC1. The molecule has 0 aromatic carbocycles. The van der Waals surface area contributed by atoms with Gasteiger partial charge in [0.15, 0.2) is 0 Å². The van der Waals surface area contributed by atoms with Crippen molar-refractivity contribution in [3.05, 3.63) is 0 Å². The summed E-state index contributed by atoms with van der Waals surface area (Å²) in [6, 6.07) is 0.479. The van der Waals surface area contributed by atoms with E-state index in [2.05, 4.69) is 23.7 Å². The van der Waals surface area contributed by atoms with Crippen molar-refractivity contribution < 1.29 is 0 Å². The average molecular weight is 137 g/mol. The molecule has 0 amide bonds. The van der Waals surface area contributed by atoms with Gasteiger partial charge in [-0.2, -0.15) is 0 Å². The second kappa shape index (κ2) is 3.63. The number of hydrogen-bond acceptors (Lipinski definition) is 1. The second-order valence-corrected chi connectivity index (χ2v) is 2.81. The smallest absolute Gasteiger partial charge is 0.0685 e. The molecule has 56 valence electrons. The van der Waals surface area contributed by atoms with Crippen LogP contribution in [0.3, 0.4) is 0 Å². The minimum absolute atomic E-state index is 0.479. The second-order valence-electron chi connectivity index (χ2n) is 2.81. The Hall–Kier alpha value is -0.480. The largest absolute Gasteiger partial charge is 0.290 e. The first kappa shape index (κ1) is 7.63. The molecule has 1 atom stereocenters. The van der Waals surface area contributed by atoms with Crippen LogP contribution >= 0.6 is 0 Å². The van der Waals surface area contributed by atoms with Gasteiger partial charge in [0.1, 0.15) is 0 Å². The molecule has 0 aliphatic carbocycles. The molecular weight excluding hydrogens is 122 g/mol. The monoisotopic (exact) mass is 137 g/mol. The maximum atomic E-state index is 3.16. The first-order valence-corrected chi connectivity index (χ1v) is 4.01. The molecule has 1 rings (SSSR count). The predicted octanol–water partition coefficient (Wildman–Crippen LogP) is 1.49. The fraction of sp³-hybridized carbons (Fsp3) is 0.778. The normalized spacial score (nSPS) is 21.8. The van der Waals surface area contributed by atoms with Gasteiger partial charge < -0.3 is 0 Å². The van der Waals surface area contributed by atoms with Crippen LogP contribution in [0.1, 0.15) is 26.7 Å². The zero-order valence-corrected chi connectivity index (χ0v) is 6.85. The van der Waals surface area contributed by atoms with E-state index in [0.717, 1.165) is 0 Å². The predicted molar refractivity (Wildman–Crippen MR) is 43.7 cm³/mol. The number of nitrogens with zero attached hydrogens (tertiary/aromatic N) is 1. The summed E-state index contributed by atoms with van der Waals surface area (Å²) in [4.78, 5) is 2.44. The van der Waals surface area contributed by atoms with Crippen LogP contribution in [0.15, 0.2) is 0 Å². The van der Waals surface area contributed by atoms with Crippen molar-refractivity contribution >= 4 is 0 Å². The van der Waals surface area contributed by atoms with Crippen molar-refractivity contribution in [1.82, 2.24) is 4.90 Å². The van der Waals surface area contributed by atoms with E-state index in [9.17, 15) is 0 Å². The molecular formula is C9H15N. The molecule has 1 nitrogen and oxygen atoms in total. The Morgan fingerprint density at radius 2 is 1.90 bits per heavy atom. The fourth-order valence-electron chi connectivity index (χ4n) is 1.43. The van der Waals surface area contributed by atoms with Crippen molar-refractivity contribution in [2.75, 3.05) is 13.1 Å². The van der Waals surface area contributed by atoms with Gasteiger partial charge in [-0.25, -0.2) is 0 Å². The molecule has 1 aliphatic heterocycles. The lowest BCUT2D eigenvalue weighted by Gasteiger charge is -2.17. The summed E-state index contributed by atoms with van der Waals surface area (Å²) in [6.45, 7) is 6.58. The Morgan fingerprint density at radius 1 is 1.30 bits per heavy atom. The van der Waals surface area contributed by atoms with Gasteiger partial charge in [-0.1, -0.05) is 5.92 Å². The van der Waals surface area contributed by atoms with Gasteiger partial charge in [0.25, 0.3) is 0 Å². The van der Waals surface area contributed by atoms with Crippen LogP contribution in [-0.4, -0.2) is 24.0 Å². The lowest BCUT2D eigenvalue weighted by molar-refractivity contribution is 0.308. The van der Waals surface area contributed by atoms with E-state index in [1.54, 1.807) is 0 Å². The Bertz CT molecular complexity index is 146. The van der Waals surface area contributed by atoms with Crippen LogP contribution in [0.5, 0.6) is 0 Å². The molecule has 0 aromatic heterocycles. The van der Waals surface area contributed by atoms with Crippen LogP contribution in [0, 0.1) is 11.8 Å². The summed E-state index contributed by atoms with van der Waals surface area (Å²) < 4.78 is 0. The van der Waals surface area contributed by atoms with Gasteiger partial charge in [0.05, 0.1) is 6.04 Å². The van der Waals surface area contributed by atoms with Crippen LogP contribution < -0.4 is 0 Å². The molecule has 0 saturated carbocycles. The topological polar surface area (TPSA) is 3.24 Å². The highest BCUT2D eigenvalue weighted by Crippen LogP contribution is 2.10. The van der Waals surface area contributed by atoms with Crippen LogP contribution in [0.2, 0.25) is 0 Å². The highest BCUT2D eigenvalue weighted by molar-refractivity contribution is 5.04. The first-order chi connectivity index (χ1) is 4.84. The average Bonchev–Trinajstić information content (AvgIpc) is 2.38. The van der Waals surface area contributed by atoms with Gasteiger partial charge in [-0.05, 0) is 39.8 Å². The summed E-state index contributed by atoms with van der Waals surface area (Å²) in [7, 11) is 0. The zero-order valence-electron chi connectivity index (χ0n) is 6.85. The lowest BCUT2D eigenvalue weighted by atomic mass is 10.3. The molecule has 0 aromatic rings.